The molecule has 1 N–H and O–H groups in total. The largest absolute Gasteiger partial charge is 0.323 e. The van der Waals surface area contributed by atoms with E-state index < -0.39 is 0 Å². The van der Waals surface area contributed by atoms with E-state index >= 15 is 0 Å². The van der Waals surface area contributed by atoms with Crippen LogP contribution < -0.4 is 5.32 Å². The van der Waals surface area contributed by atoms with Gasteiger partial charge in [-0.05, 0) is 68.0 Å². The lowest BCUT2D eigenvalue weighted by molar-refractivity contribution is 0.272. The van der Waals surface area contributed by atoms with Crippen LogP contribution in [0.15, 0.2) is 48.5 Å². The Bertz CT molecular complexity index is 591. The molecule has 1 unspecified atom stereocenters. The maximum Gasteiger partial charge on any atom is 0.0205 e. The van der Waals surface area contributed by atoms with Gasteiger partial charge in [0.2, 0.25) is 0 Å². The van der Waals surface area contributed by atoms with Crippen molar-refractivity contribution >= 4 is 0 Å². The Morgan fingerprint density at radius 2 is 1.27 bits per heavy atom. The first-order valence-corrected chi connectivity index (χ1v) is 10.4. The fourth-order valence-electron chi connectivity index (χ4n) is 4.36. The highest BCUT2D eigenvalue weighted by atomic mass is 14.7. The summed E-state index contributed by atoms with van der Waals surface area (Å²) in [4.78, 5) is 0. The first kappa shape index (κ1) is 20.7. The summed E-state index contributed by atoms with van der Waals surface area (Å²) < 4.78 is 0. The summed E-state index contributed by atoms with van der Waals surface area (Å²) in [6.45, 7) is 6.89. The molecule has 142 valence electrons. The van der Waals surface area contributed by atoms with Gasteiger partial charge in [-0.25, -0.2) is 0 Å². The predicted molar refractivity (Wildman–Crippen MR) is 115 cm³/mol. The number of aryl methyl sites for hydroxylation is 2. The second kappa shape index (κ2) is 9.92. The van der Waals surface area contributed by atoms with E-state index in [9.17, 15) is 0 Å². The minimum atomic E-state index is 0.218. The zero-order chi connectivity index (χ0) is 19.0. The van der Waals surface area contributed by atoms with E-state index in [4.69, 9.17) is 0 Å². The number of rotatable bonds is 4. The smallest absolute Gasteiger partial charge is 0.0205 e. The third-order valence-electron chi connectivity index (χ3n) is 5.83. The van der Waals surface area contributed by atoms with Gasteiger partial charge >= 0.3 is 0 Å². The Hall–Kier alpha value is -1.60. The standard InChI is InChI=1S/C23H30.C2H7N/c1-4-19-8-12-21(13-9-19)23(16-6-7-18(3)17-23)22-14-10-20(5-2)11-15-22;1-3-2/h8-15,18H,4-7,16-17H2,1-3H3;3H,1-2H3. The van der Waals surface area contributed by atoms with Gasteiger partial charge in [0.15, 0.2) is 0 Å². The van der Waals surface area contributed by atoms with E-state index in [-0.39, 0.29) is 5.41 Å². The van der Waals surface area contributed by atoms with E-state index in [1.165, 1.54) is 47.9 Å². The van der Waals surface area contributed by atoms with Crippen molar-refractivity contribution in [3.05, 3.63) is 70.8 Å². The van der Waals surface area contributed by atoms with Crippen molar-refractivity contribution in [1.82, 2.24) is 5.32 Å². The highest BCUT2D eigenvalue weighted by molar-refractivity contribution is 5.42. The Morgan fingerprint density at radius 3 is 1.62 bits per heavy atom. The average molecular weight is 352 g/mol. The van der Waals surface area contributed by atoms with Crippen molar-refractivity contribution in [2.75, 3.05) is 14.1 Å². The van der Waals surface area contributed by atoms with E-state index in [2.05, 4.69) is 74.6 Å². The van der Waals surface area contributed by atoms with Crippen LogP contribution in [0.3, 0.4) is 0 Å². The highest BCUT2D eigenvalue weighted by Crippen LogP contribution is 2.46. The molecule has 1 fully saturated rings. The maximum absolute atomic E-state index is 2.75. The first-order chi connectivity index (χ1) is 12.6. The molecule has 0 bridgehead atoms. The molecule has 1 heteroatoms. The Balaban J connectivity index is 0.000000758. The number of benzene rings is 2. The summed E-state index contributed by atoms with van der Waals surface area (Å²) in [5.74, 6) is 0.806. The molecule has 0 aliphatic heterocycles. The van der Waals surface area contributed by atoms with Gasteiger partial charge in [0.25, 0.3) is 0 Å². The minimum Gasteiger partial charge on any atom is -0.323 e. The molecule has 2 aromatic carbocycles. The number of hydrogen-bond acceptors (Lipinski definition) is 1. The SMILES string of the molecule is CCc1ccc(C2(c3ccc(CC)cc3)CCCC(C)C2)cc1.CNC. The summed E-state index contributed by atoms with van der Waals surface area (Å²) in [5.41, 5.74) is 6.13. The van der Waals surface area contributed by atoms with E-state index in [1.807, 2.05) is 14.1 Å². The van der Waals surface area contributed by atoms with E-state index in [0.29, 0.717) is 0 Å². The molecule has 3 rings (SSSR count). The van der Waals surface area contributed by atoms with Crippen molar-refractivity contribution in [3.8, 4) is 0 Å². The van der Waals surface area contributed by atoms with Gasteiger partial charge in [0.1, 0.15) is 0 Å². The molecule has 1 aliphatic rings. The summed E-state index contributed by atoms with van der Waals surface area (Å²) >= 11 is 0. The lowest BCUT2D eigenvalue weighted by Gasteiger charge is -2.41. The molecular formula is C25H37N. The molecule has 0 heterocycles. The van der Waals surface area contributed by atoms with Crippen LogP contribution in [0.25, 0.3) is 0 Å². The summed E-state index contributed by atoms with van der Waals surface area (Å²) in [5, 5.41) is 2.75. The van der Waals surface area contributed by atoms with Crippen LogP contribution in [-0.4, -0.2) is 14.1 Å². The Kier molecular flexibility index (Phi) is 7.90. The van der Waals surface area contributed by atoms with Gasteiger partial charge in [-0.1, -0.05) is 82.1 Å². The first-order valence-electron chi connectivity index (χ1n) is 10.4. The van der Waals surface area contributed by atoms with Crippen molar-refractivity contribution in [3.63, 3.8) is 0 Å². The lowest BCUT2D eigenvalue weighted by Crippen LogP contribution is -2.33. The summed E-state index contributed by atoms with van der Waals surface area (Å²) in [6.07, 6.45) is 7.52. The van der Waals surface area contributed by atoms with Crippen molar-refractivity contribution in [2.24, 2.45) is 5.92 Å². The van der Waals surface area contributed by atoms with Crippen molar-refractivity contribution in [1.29, 1.82) is 0 Å². The molecule has 26 heavy (non-hydrogen) atoms. The normalized spacial score (nSPS) is 18.7. The van der Waals surface area contributed by atoms with Gasteiger partial charge in [0.05, 0.1) is 0 Å². The number of hydrogen-bond donors (Lipinski definition) is 1. The molecule has 1 nitrogen and oxygen atoms in total. The van der Waals surface area contributed by atoms with Crippen LogP contribution in [0.5, 0.6) is 0 Å². The fourth-order valence-corrected chi connectivity index (χ4v) is 4.36. The van der Waals surface area contributed by atoms with Gasteiger partial charge in [-0.15, -0.1) is 0 Å². The Morgan fingerprint density at radius 1 is 0.846 bits per heavy atom. The third-order valence-corrected chi connectivity index (χ3v) is 5.83. The monoisotopic (exact) mass is 351 g/mol. The molecular weight excluding hydrogens is 314 g/mol. The number of nitrogens with one attached hydrogen (secondary N) is 1. The van der Waals surface area contributed by atoms with Gasteiger partial charge in [-0.2, -0.15) is 0 Å². The van der Waals surface area contributed by atoms with Crippen LogP contribution >= 0.6 is 0 Å². The maximum atomic E-state index is 2.75. The molecule has 1 saturated carbocycles. The van der Waals surface area contributed by atoms with E-state index in [0.717, 1.165) is 18.8 Å². The van der Waals surface area contributed by atoms with Crippen molar-refractivity contribution in [2.45, 2.75) is 64.7 Å². The molecule has 0 aromatic heterocycles. The Labute approximate surface area is 161 Å². The molecule has 0 spiro atoms. The topological polar surface area (TPSA) is 12.0 Å². The zero-order valence-corrected chi connectivity index (χ0v) is 17.4. The van der Waals surface area contributed by atoms with Gasteiger partial charge in [0, 0.05) is 5.41 Å². The molecule has 1 aliphatic carbocycles. The second-order valence-electron chi connectivity index (χ2n) is 7.88. The highest BCUT2D eigenvalue weighted by Gasteiger charge is 2.38. The van der Waals surface area contributed by atoms with Crippen LogP contribution in [0.4, 0.5) is 0 Å². The molecule has 1 atom stereocenters. The molecule has 2 aromatic rings. The second-order valence-corrected chi connectivity index (χ2v) is 7.88. The average Bonchev–Trinajstić information content (AvgIpc) is 2.68. The van der Waals surface area contributed by atoms with Crippen LogP contribution in [-0.2, 0) is 18.3 Å². The molecule has 0 saturated heterocycles. The predicted octanol–water partition coefficient (Wildman–Crippen LogP) is 6.14. The quantitative estimate of drug-likeness (QED) is 0.697. The molecule has 0 amide bonds. The third kappa shape index (κ3) is 4.76. The minimum absolute atomic E-state index is 0.218. The summed E-state index contributed by atoms with van der Waals surface area (Å²) in [7, 11) is 3.75. The fraction of sp³-hybridized carbons (Fsp3) is 0.520. The van der Waals surface area contributed by atoms with Gasteiger partial charge in [-0.3, -0.25) is 0 Å². The molecule has 0 radical (unpaired) electrons. The summed E-state index contributed by atoms with van der Waals surface area (Å²) in [6, 6.07) is 18.9. The van der Waals surface area contributed by atoms with E-state index in [1.54, 1.807) is 0 Å². The van der Waals surface area contributed by atoms with Crippen LogP contribution in [0.1, 0.15) is 68.7 Å². The zero-order valence-electron chi connectivity index (χ0n) is 17.4. The van der Waals surface area contributed by atoms with Crippen LogP contribution in [0, 0.1) is 5.92 Å². The van der Waals surface area contributed by atoms with Gasteiger partial charge < -0.3 is 5.32 Å². The van der Waals surface area contributed by atoms with Crippen molar-refractivity contribution < 1.29 is 0 Å². The lowest BCUT2D eigenvalue weighted by atomic mass is 9.62. The van der Waals surface area contributed by atoms with Crippen LogP contribution in [0.2, 0.25) is 0 Å².